The lowest BCUT2D eigenvalue weighted by Crippen LogP contribution is -2.54. The van der Waals surface area contributed by atoms with E-state index in [1.54, 1.807) is 6.07 Å². The molecule has 0 atom stereocenters. The standard InChI is InChI=1S/C26H34N2O8S.2C23H25F3N2O8S/c1-18(2)36-23-11-6-20(17-19(23)3)27-24(29)5-4-14-35-21-7-9-22(10-8-21)37(32,33)26(25(30)28-31)12-15-34-16-13-26;24-23(25,26)36-18-4-1-3-16(15-18)27-20(29)5-2-12-35-17-6-8-19(9-7-17)37(32,33)22(21(30)28-31)10-13-34-14-11-22;24-23(25,26)36-18-5-3-16(4-6-18)27-20(29)2-1-13-35-17-7-9-19(10-8-17)37(32,33)22(21(30)28-31)11-14-34-15-12-22/h6-11,17-18,31H,4-5,12-16H2,1-3H3,(H,27,29)(H,28,30);1,3-4,6-9,15,31H,2,5,10-14H2,(H,27,29)(H,28,30);3-10,31H,1-2,11-15H2,(H,27,29)(H,28,30). The lowest BCUT2D eigenvalue weighted by molar-refractivity contribution is -0.275. The van der Waals surface area contributed by atoms with Gasteiger partial charge < -0.3 is 58.6 Å². The lowest BCUT2D eigenvalue weighted by atomic mass is 9.98. The van der Waals surface area contributed by atoms with E-state index in [2.05, 4.69) is 25.4 Å². The average Bonchev–Trinajstić information content (AvgIpc) is 0.760. The first-order chi connectivity index (χ1) is 52.5. The van der Waals surface area contributed by atoms with Gasteiger partial charge in [0.25, 0.3) is 17.7 Å². The van der Waals surface area contributed by atoms with Crippen molar-refractivity contribution in [2.24, 2.45) is 0 Å². The van der Waals surface area contributed by atoms with Gasteiger partial charge in [0.05, 0.1) is 40.6 Å². The molecule has 9 N–H and O–H groups in total. The largest absolute Gasteiger partial charge is 0.573 e. The van der Waals surface area contributed by atoms with Crippen LogP contribution in [0.1, 0.15) is 96.5 Å². The van der Waals surface area contributed by atoms with Gasteiger partial charge in [-0.1, -0.05) is 6.07 Å². The predicted molar refractivity (Wildman–Crippen MR) is 382 cm³/mol. The van der Waals surface area contributed by atoms with Crippen molar-refractivity contribution >= 4 is 82.0 Å². The van der Waals surface area contributed by atoms with Crippen molar-refractivity contribution in [2.75, 3.05) is 75.4 Å². The van der Waals surface area contributed by atoms with E-state index in [1.165, 1.54) is 114 Å². The van der Waals surface area contributed by atoms with E-state index in [0.29, 0.717) is 41.5 Å². The number of sulfone groups is 3. The molecule has 39 heteroatoms. The summed E-state index contributed by atoms with van der Waals surface area (Å²) in [5.74, 6) is -2.96. The number of rotatable bonds is 31. The molecule has 0 spiro atoms. The topological polar surface area (TPSA) is 421 Å². The maximum atomic E-state index is 13.3. The molecular weight excluding hydrogens is 1540 g/mol. The van der Waals surface area contributed by atoms with Crippen LogP contribution in [-0.4, -0.2) is 169 Å². The van der Waals surface area contributed by atoms with Crippen LogP contribution in [0.25, 0.3) is 0 Å². The fraction of sp³-hybridized carbons (Fsp3) is 0.417. The molecule has 111 heavy (non-hydrogen) atoms. The zero-order valence-corrected chi connectivity index (χ0v) is 62.6. The Hall–Kier alpha value is -9.87. The van der Waals surface area contributed by atoms with Crippen molar-refractivity contribution in [3.05, 3.63) is 145 Å². The number of anilines is 3. The van der Waals surface area contributed by atoms with Gasteiger partial charge in [0.1, 0.15) is 34.5 Å². The van der Waals surface area contributed by atoms with E-state index in [0.717, 1.165) is 35.6 Å². The van der Waals surface area contributed by atoms with E-state index in [1.807, 2.05) is 32.9 Å². The third-order valence-corrected chi connectivity index (χ3v) is 24.9. The van der Waals surface area contributed by atoms with Crippen molar-refractivity contribution < 1.29 is 139 Å². The summed E-state index contributed by atoms with van der Waals surface area (Å²) in [7, 11) is -12.4. The maximum absolute atomic E-state index is 13.3. The summed E-state index contributed by atoms with van der Waals surface area (Å²) >= 11 is 0. The Morgan fingerprint density at radius 3 is 1.05 bits per heavy atom. The van der Waals surface area contributed by atoms with Crippen molar-refractivity contribution in [3.8, 4) is 34.5 Å². The summed E-state index contributed by atoms with van der Waals surface area (Å²) in [4.78, 5) is 73.0. The first-order valence-corrected chi connectivity index (χ1v) is 38.9. The monoisotopic (exact) mass is 1630 g/mol. The molecular formula is C72H84F6N6O24S3. The van der Waals surface area contributed by atoms with E-state index < -0.39 is 91.6 Å². The molecule has 0 aromatic heterocycles. The minimum absolute atomic E-state index is 0.0116. The van der Waals surface area contributed by atoms with E-state index in [-0.39, 0.29) is 162 Å². The first kappa shape index (κ1) is 88.3. The minimum atomic E-state index is -4.84. The molecule has 3 heterocycles. The van der Waals surface area contributed by atoms with Gasteiger partial charge in [-0.3, -0.25) is 44.4 Å². The number of halogens is 6. The van der Waals surface area contributed by atoms with Gasteiger partial charge >= 0.3 is 12.7 Å². The number of nitrogens with one attached hydrogen (secondary N) is 6. The van der Waals surface area contributed by atoms with Crippen molar-refractivity contribution in [3.63, 3.8) is 0 Å². The molecule has 606 valence electrons. The number of benzene rings is 6. The van der Waals surface area contributed by atoms with Crippen molar-refractivity contribution in [1.29, 1.82) is 0 Å². The van der Waals surface area contributed by atoms with E-state index >= 15 is 0 Å². The van der Waals surface area contributed by atoms with Crippen LogP contribution >= 0.6 is 0 Å². The second-order valence-electron chi connectivity index (χ2n) is 25.4. The molecule has 3 fully saturated rings. The van der Waals surface area contributed by atoms with Crippen LogP contribution in [0.4, 0.5) is 43.4 Å². The number of alkyl halides is 6. The number of hydrogen-bond acceptors (Lipinski definition) is 24. The fourth-order valence-corrected chi connectivity index (χ4v) is 17.5. The van der Waals surface area contributed by atoms with Crippen molar-refractivity contribution in [1.82, 2.24) is 16.4 Å². The molecule has 0 bridgehead atoms. The summed E-state index contributed by atoms with van der Waals surface area (Å²) < 4.78 is 193. The third-order valence-electron chi connectivity index (χ3n) is 17.4. The summed E-state index contributed by atoms with van der Waals surface area (Å²) in [5.41, 5.74) is 6.46. The van der Waals surface area contributed by atoms with Crippen LogP contribution < -0.4 is 60.8 Å². The summed E-state index contributed by atoms with van der Waals surface area (Å²) in [6, 6.07) is 31.6. The number of amides is 6. The maximum Gasteiger partial charge on any atom is 0.573 e. The molecule has 6 amide bonds. The Labute approximate surface area is 634 Å². The first-order valence-electron chi connectivity index (χ1n) is 34.4. The van der Waals surface area contributed by atoms with E-state index in [9.17, 15) is 80.4 Å². The molecule has 9 rings (SSSR count). The summed E-state index contributed by atoms with van der Waals surface area (Å²) in [6.07, 6.45) is -8.77. The van der Waals surface area contributed by atoms with Gasteiger partial charge in [-0.2, -0.15) is 0 Å². The van der Waals surface area contributed by atoms with Crippen LogP contribution in [0, 0.1) is 6.92 Å². The molecule has 3 aliphatic rings. The molecule has 3 aliphatic heterocycles. The second kappa shape index (κ2) is 39.9. The number of hydrogen-bond donors (Lipinski definition) is 9. The molecule has 3 saturated heterocycles. The van der Waals surface area contributed by atoms with Gasteiger partial charge in [-0.05, 0) is 212 Å². The Morgan fingerprint density at radius 1 is 0.423 bits per heavy atom. The Morgan fingerprint density at radius 2 is 0.730 bits per heavy atom. The molecule has 0 radical (unpaired) electrons. The SMILES string of the molecule is Cc1cc(NC(=O)CCCOc2ccc(S(=O)(=O)C3(C(=O)NO)CCOCC3)cc2)ccc1OC(C)C.O=C(CCCOc1ccc(S(=O)(=O)C2(C(=O)NO)CCOCC2)cc1)Nc1ccc(OC(F)(F)F)cc1.O=C(CCCOc1ccc(S(=O)(=O)C2(C(=O)NO)CCOCC2)cc1)Nc1cccc(OC(F)(F)F)c1. The number of ether oxygens (including phenoxy) is 9. The van der Waals surface area contributed by atoms with Crippen LogP contribution in [-0.2, 0) is 72.5 Å². The highest BCUT2D eigenvalue weighted by Crippen LogP contribution is 2.40. The van der Waals surface area contributed by atoms with Gasteiger partial charge in [0, 0.05) is 82.0 Å². The van der Waals surface area contributed by atoms with Crippen molar-refractivity contribution in [2.45, 2.75) is 146 Å². The van der Waals surface area contributed by atoms with E-state index in [4.69, 9.17) is 48.8 Å². The Kier molecular flexibility index (Phi) is 31.7. The molecule has 0 aliphatic carbocycles. The Bertz CT molecular complexity index is 4470. The highest BCUT2D eigenvalue weighted by atomic mass is 32.2. The second-order valence-corrected chi connectivity index (χ2v) is 32.1. The smallest absolute Gasteiger partial charge is 0.494 e. The molecule has 6 aromatic carbocycles. The van der Waals surface area contributed by atoms with Crippen LogP contribution in [0.2, 0.25) is 0 Å². The summed E-state index contributed by atoms with van der Waals surface area (Å²) in [6.45, 7) is 6.72. The van der Waals surface area contributed by atoms with Gasteiger partial charge in [-0.15, -0.1) is 26.3 Å². The number of carbonyl (C=O) groups is 6. The predicted octanol–water partition coefficient (Wildman–Crippen LogP) is 9.83. The lowest BCUT2D eigenvalue weighted by Gasteiger charge is -2.34. The molecule has 0 saturated carbocycles. The number of aryl methyl sites for hydroxylation is 1. The van der Waals surface area contributed by atoms with Gasteiger partial charge in [0.15, 0.2) is 43.8 Å². The molecule has 0 unspecified atom stereocenters. The summed E-state index contributed by atoms with van der Waals surface area (Å²) in [5, 5.41) is 35.2. The highest BCUT2D eigenvalue weighted by molar-refractivity contribution is 7.94. The zero-order valence-electron chi connectivity index (χ0n) is 60.1. The van der Waals surface area contributed by atoms with Crippen LogP contribution in [0.3, 0.4) is 0 Å². The average molecular weight is 1630 g/mol. The normalized spacial score (nSPS) is 15.4. The molecule has 6 aromatic rings. The number of carbonyl (C=O) groups excluding carboxylic acids is 6. The van der Waals surface area contributed by atoms with Crippen LogP contribution in [0.15, 0.2) is 154 Å². The quantitative estimate of drug-likeness (QED) is 0.00845. The third kappa shape index (κ3) is 24.3. The van der Waals surface area contributed by atoms with Gasteiger partial charge in [0.2, 0.25) is 17.7 Å². The van der Waals surface area contributed by atoms with Gasteiger partial charge in [-0.25, -0.2) is 41.7 Å². The highest BCUT2D eigenvalue weighted by Gasteiger charge is 2.55. The minimum Gasteiger partial charge on any atom is -0.494 e. The Balaban J connectivity index is 0.000000231. The number of hydroxylamine groups is 3. The zero-order chi connectivity index (χ0) is 81.3. The van der Waals surface area contributed by atoms with Crippen LogP contribution in [0.5, 0.6) is 34.5 Å². The fourth-order valence-electron chi connectivity index (χ4n) is 11.6. The molecule has 30 nitrogen and oxygen atoms in total.